The summed E-state index contributed by atoms with van der Waals surface area (Å²) in [6.45, 7) is 8.63. The molecule has 1 fully saturated rings. The average molecular weight is 244 g/mol. The fraction of sp³-hybridized carbons (Fsp3) is 1.00. The first-order chi connectivity index (χ1) is 7.47. The van der Waals surface area contributed by atoms with Crippen molar-refractivity contribution < 1.29 is 4.74 Å². The van der Waals surface area contributed by atoms with Gasteiger partial charge in [-0.3, -0.25) is 0 Å². The Morgan fingerprint density at radius 2 is 1.75 bits per heavy atom. The second kappa shape index (κ2) is 6.30. The van der Waals surface area contributed by atoms with Crippen molar-refractivity contribution in [2.24, 2.45) is 10.8 Å². The Balaban J connectivity index is 2.23. The topological polar surface area (TPSA) is 9.23 Å². The van der Waals surface area contributed by atoms with Gasteiger partial charge in [-0.15, -0.1) is 0 Å². The summed E-state index contributed by atoms with van der Waals surface area (Å²) in [6, 6.07) is 0. The molecule has 1 rings (SSSR count). The van der Waals surface area contributed by atoms with Crippen LogP contribution >= 0.6 is 12.6 Å². The first kappa shape index (κ1) is 14.4. The van der Waals surface area contributed by atoms with E-state index in [2.05, 4.69) is 33.4 Å². The maximum Gasteiger partial charge on any atom is 0.0530 e. The molecule has 1 aliphatic carbocycles. The van der Waals surface area contributed by atoms with Crippen LogP contribution in [0.15, 0.2) is 0 Å². The Morgan fingerprint density at radius 1 is 1.12 bits per heavy atom. The summed E-state index contributed by atoms with van der Waals surface area (Å²) in [7, 11) is 0. The molecule has 0 aliphatic heterocycles. The molecule has 0 amide bonds. The zero-order chi connectivity index (χ0) is 12.1. The van der Waals surface area contributed by atoms with Gasteiger partial charge in [0.1, 0.15) is 0 Å². The molecule has 96 valence electrons. The van der Waals surface area contributed by atoms with E-state index in [9.17, 15) is 0 Å². The van der Waals surface area contributed by atoms with Gasteiger partial charge < -0.3 is 4.74 Å². The molecule has 0 bridgehead atoms. The van der Waals surface area contributed by atoms with Gasteiger partial charge in [0.05, 0.1) is 6.61 Å². The van der Waals surface area contributed by atoms with Gasteiger partial charge in [0, 0.05) is 12.0 Å². The van der Waals surface area contributed by atoms with Crippen molar-refractivity contribution in [3.63, 3.8) is 0 Å². The quantitative estimate of drug-likeness (QED) is 0.560. The van der Waals surface area contributed by atoms with Gasteiger partial charge in [-0.25, -0.2) is 0 Å². The normalized spacial score (nSPS) is 21.0. The molecule has 0 atom stereocenters. The van der Waals surface area contributed by atoms with Crippen LogP contribution in [0.5, 0.6) is 0 Å². The highest BCUT2D eigenvalue weighted by molar-refractivity contribution is 7.80. The van der Waals surface area contributed by atoms with Crippen LogP contribution in [-0.2, 0) is 4.74 Å². The third-order valence-electron chi connectivity index (χ3n) is 3.65. The second-order valence-electron chi connectivity index (χ2n) is 6.58. The van der Waals surface area contributed by atoms with Crippen LogP contribution in [0.3, 0.4) is 0 Å². The minimum absolute atomic E-state index is 0.388. The van der Waals surface area contributed by atoms with Crippen LogP contribution in [0, 0.1) is 10.8 Å². The third-order valence-corrected chi connectivity index (χ3v) is 4.33. The Labute approximate surface area is 107 Å². The summed E-state index contributed by atoms with van der Waals surface area (Å²) >= 11 is 4.53. The number of hydrogen-bond acceptors (Lipinski definition) is 2. The lowest BCUT2D eigenvalue weighted by Gasteiger charge is -2.36. The first-order valence-corrected chi connectivity index (χ1v) is 7.29. The molecule has 1 nitrogen and oxygen atoms in total. The third kappa shape index (κ3) is 5.09. The van der Waals surface area contributed by atoms with E-state index in [4.69, 9.17) is 4.74 Å². The number of thiol groups is 1. The molecule has 2 heteroatoms. The highest BCUT2D eigenvalue weighted by Gasteiger charge is 2.30. The smallest absolute Gasteiger partial charge is 0.0530 e. The fourth-order valence-electron chi connectivity index (χ4n) is 2.32. The van der Waals surface area contributed by atoms with Crippen LogP contribution in [0.25, 0.3) is 0 Å². The standard InChI is InChI=1S/C14H28OS/c1-13(2,3)9-10-15-11-14(12-16)7-5-4-6-8-14/h16H,4-12H2,1-3H3. The Bertz CT molecular complexity index is 189. The molecule has 0 spiro atoms. The van der Waals surface area contributed by atoms with E-state index in [1.807, 2.05) is 0 Å². The molecular formula is C14H28OS. The zero-order valence-corrected chi connectivity index (χ0v) is 12.1. The molecule has 16 heavy (non-hydrogen) atoms. The van der Waals surface area contributed by atoms with Crippen molar-refractivity contribution in [1.82, 2.24) is 0 Å². The zero-order valence-electron chi connectivity index (χ0n) is 11.2. The highest BCUT2D eigenvalue weighted by Crippen LogP contribution is 2.37. The van der Waals surface area contributed by atoms with E-state index in [0.717, 1.165) is 25.4 Å². The van der Waals surface area contributed by atoms with Crippen LogP contribution in [0.4, 0.5) is 0 Å². The fourth-order valence-corrected chi connectivity index (χ4v) is 2.72. The Kier molecular flexibility index (Phi) is 5.66. The van der Waals surface area contributed by atoms with Gasteiger partial charge in [0.2, 0.25) is 0 Å². The summed E-state index contributed by atoms with van der Waals surface area (Å²) in [6.07, 6.45) is 7.90. The van der Waals surface area contributed by atoms with Crippen molar-refractivity contribution in [3.05, 3.63) is 0 Å². The summed E-state index contributed by atoms with van der Waals surface area (Å²) in [5, 5.41) is 0. The van der Waals surface area contributed by atoms with Crippen LogP contribution in [0.2, 0.25) is 0 Å². The monoisotopic (exact) mass is 244 g/mol. The number of rotatable bonds is 5. The molecule has 0 saturated heterocycles. The molecule has 0 aromatic rings. The van der Waals surface area contributed by atoms with Crippen LogP contribution < -0.4 is 0 Å². The summed E-state index contributed by atoms with van der Waals surface area (Å²) < 4.78 is 5.89. The number of hydrogen-bond donors (Lipinski definition) is 1. The van der Waals surface area contributed by atoms with E-state index in [0.29, 0.717) is 10.8 Å². The lowest BCUT2D eigenvalue weighted by Crippen LogP contribution is -2.32. The molecule has 0 radical (unpaired) electrons. The number of ether oxygens (including phenoxy) is 1. The van der Waals surface area contributed by atoms with Crippen molar-refractivity contribution in [2.45, 2.75) is 59.3 Å². The van der Waals surface area contributed by atoms with Gasteiger partial charge >= 0.3 is 0 Å². The molecular weight excluding hydrogens is 216 g/mol. The van der Waals surface area contributed by atoms with E-state index < -0.39 is 0 Å². The maximum atomic E-state index is 5.89. The lowest BCUT2D eigenvalue weighted by atomic mass is 9.76. The largest absolute Gasteiger partial charge is 0.381 e. The summed E-state index contributed by atoms with van der Waals surface area (Å²) in [4.78, 5) is 0. The van der Waals surface area contributed by atoms with E-state index >= 15 is 0 Å². The predicted molar refractivity (Wildman–Crippen MR) is 74.3 cm³/mol. The SMILES string of the molecule is CC(C)(C)CCOCC1(CS)CCCCC1. The molecule has 0 aromatic carbocycles. The Morgan fingerprint density at radius 3 is 2.25 bits per heavy atom. The predicted octanol–water partition coefficient (Wildman–Crippen LogP) is 4.32. The van der Waals surface area contributed by atoms with Gasteiger partial charge in [0.25, 0.3) is 0 Å². The average Bonchev–Trinajstić information content (AvgIpc) is 2.25. The van der Waals surface area contributed by atoms with Gasteiger partial charge in [-0.1, -0.05) is 40.0 Å². The molecule has 0 unspecified atom stereocenters. The molecule has 0 aromatic heterocycles. The van der Waals surface area contributed by atoms with E-state index in [1.54, 1.807) is 0 Å². The van der Waals surface area contributed by atoms with Crippen LogP contribution in [-0.4, -0.2) is 19.0 Å². The highest BCUT2D eigenvalue weighted by atomic mass is 32.1. The van der Waals surface area contributed by atoms with E-state index in [1.165, 1.54) is 32.1 Å². The summed E-state index contributed by atoms with van der Waals surface area (Å²) in [5.74, 6) is 0.989. The first-order valence-electron chi connectivity index (χ1n) is 6.66. The molecule has 0 heterocycles. The van der Waals surface area contributed by atoms with Crippen molar-refractivity contribution in [2.75, 3.05) is 19.0 Å². The maximum absolute atomic E-state index is 5.89. The molecule has 1 aliphatic rings. The molecule has 1 saturated carbocycles. The van der Waals surface area contributed by atoms with Crippen molar-refractivity contribution in [1.29, 1.82) is 0 Å². The van der Waals surface area contributed by atoms with E-state index in [-0.39, 0.29) is 0 Å². The Hall–Kier alpha value is 0.310. The molecule has 0 N–H and O–H groups in total. The van der Waals surface area contributed by atoms with Crippen LogP contribution in [0.1, 0.15) is 59.3 Å². The van der Waals surface area contributed by atoms with Gasteiger partial charge in [0.15, 0.2) is 0 Å². The van der Waals surface area contributed by atoms with Crippen molar-refractivity contribution >= 4 is 12.6 Å². The minimum atomic E-state index is 0.388. The van der Waals surface area contributed by atoms with Gasteiger partial charge in [-0.2, -0.15) is 12.6 Å². The second-order valence-corrected chi connectivity index (χ2v) is 6.90. The minimum Gasteiger partial charge on any atom is -0.381 e. The van der Waals surface area contributed by atoms with Crippen molar-refractivity contribution in [3.8, 4) is 0 Å². The summed E-state index contributed by atoms with van der Waals surface area (Å²) in [5.41, 5.74) is 0.778. The van der Waals surface area contributed by atoms with Gasteiger partial charge in [-0.05, 0) is 30.4 Å². The lowest BCUT2D eigenvalue weighted by molar-refractivity contribution is 0.0238.